The van der Waals surface area contributed by atoms with Gasteiger partial charge in [-0.05, 0) is 12.1 Å². The van der Waals surface area contributed by atoms with E-state index < -0.39 is 11.9 Å². The van der Waals surface area contributed by atoms with E-state index in [0.29, 0.717) is 4.96 Å². The number of imidazole rings is 1. The number of alkyl halides is 3. The molecular weight excluding hydrogens is 237 g/mol. The van der Waals surface area contributed by atoms with E-state index >= 15 is 0 Å². The van der Waals surface area contributed by atoms with Crippen LogP contribution >= 0.6 is 11.3 Å². The van der Waals surface area contributed by atoms with Crippen molar-refractivity contribution in [2.24, 2.45) is 0 Å². The van der Waals surface area contributed by atoms with Gasteiger partial charge >= 0.3 is 6.18 Å². The van der Waals surface area contributed by atoms with Crippen LogP contribution in [0.4, 0.5) is 13.2 Å². The number of para-hydroxylation sites is 1. The van der Waals surface area contributed by atoms with Crippen molar-refractivity contribution in [3.05, 3.63) is 36.2 Å². The maximum absolute atomic E-state index is 12.4. The number of halogens is 3. The Labute approximate surface area is 92.0 Å². The molecule has 3 aromatic rings. The van der Waals surface area contributed by atoms with E-state index in [1.54, 1.807) is 12.1 Å². The number of fused-ring (bicyclic) bond motifs is 3. The minimum absolute atomic E-state index is 0.369. The minimum atomic E-state index is -4.38. The van der Waals surface area contributed by atoms with Crippen molar-refractivity contribution in [1.82, 2.24) is 9.38 Å². The molecule has 6 heteroatoms. The van der Waals surface area contributed by atoms with Gasteiger partial charge in [-0.2, -0.15) is 13.2 Å². The van der Waals surface area contributed by atoms with Gasteiger partial charge in [0.2, 0.25) is 0 Å². The summed E-state index contributed by atoms with van der Waals surface area (Å²) in [5.74, 6) is 0. The molecule has 0 aliphatic heterocycles. The standard InChI is InChI=1S/C10H5F3N2S/c11-10(12,13)8-5-15-6-3-1-2-4-7(6)16-9(15)14-8/h1-5H. The molecule has 82 valence electrons. The Morgan fingerprint density at radius 1 is 1.19 bits per heavy atom. The van der Waals surface area contributed by atoms with Crippen LogP contribution in [0.25, 0.3) is 15.2 Å². The molecule has 0 radical (unpaired) electrons. The van der Waals surface area contributed by atoms with E-state index in [1.165, 1.54) is 15.7 Å². The molecule has 0 aliphatic rings. The van der Waals surface area contributed by atoms with Crippen LogP contribution in [-0.2, 0) is 6.18 Å². The second kappa shape index (κ2) is 2.98. The van der Waals surface area contributed by atoms with Crippen LogP contribution < -0.4 is 0 Å². The van der Waals surface area contributed by atoms with E-state index in [2.05, 4.69) is 4.98 Å². The van der Waals surface area contributed by atoms with Gasteiger partial charge in [-0.1, -0.05) is 23.5 Å². The normalized spacial score (nSPS) is 12.7. The fourth-order valence-corrected chi connectivity index (χ4v) is 2.59. The van der Waals surface area contributed by atoms with Gasteiger partial charge in [0.1, 0.15) is 0 Å². The summed E-state index contributed by atoms with van der Waals surface area (Å²) in [4.78, 5) is 3.95. The number of benzene rings is 1. The molecule has 0 atom stereocenters. The number of thiazole rings is 1. The third kappa shape index (κ3) is 1.30. The summed E-state index contributed by atoms with van der Waals surface area (Å²) in [6.45, 7) is 0. The topological polar surface area (TPSA) is 17.3 Å². The molecule has 0 spiro atoms. The van der Waals surface area contributed by atoms with Gasteiger partial charge in [0.25, 0.3) is 0 Å². The molecular formula is C10H5F3N2S. The van der Waals surface area contributed by atoms with Crippen LogP contribution in [0.15, 0.2) is 30.5 Å². The first kappa shape index (κ1) is 9.65. The number of rotatable bonds is 0. The van der Waals surface area contributed by atoms with Crippen molar-refractivity contribution in [3.63, 3.8) is 0 Å². The van der Waals surface area contributed by atoms with Gasteiger partial charge in [-0.15, -0.1) is 0 Å². The van der Waals surface area contributed by atoms with Crippen molar-refractivity contribution in [2.75, 3.05) is 0 Å². The Hall–Kier alpha value is -1.56. The van der Waals surface area contributed by atoms with Crippen molar-refractivity contribution in [3.8, 4) is 0 Å². The third-order valence-electron chi connectivity index (χ3n) is 2.29. The molecule has 16 heavy (non-hydrogen) atoms. The van der Waals surface area contributed by atoms with E-state index in [1.807, 2.05) is 12.1 Å². The average Bonchev–Trinajstić information content (AvgIpc) is 2.72. The van der Waals surface area contributed by atoms with Crippen LogP contribution in [0.5, 0.6) is 0 Å². The van der Waals surface area contributed by atoms with E-state index in [0.717, 1.165) is 16.4 Å². The van der Waals surface area contributed by atoms with Gasteiger partial charge in [-0.3, -0.25) is 4.40 Å². The lowest BCUT2D eigenvalue weighted by atomic mass is 10.3. The molecule has 2 heterocycles. The Balaban J connectivity index is 2.35. The van der Waals surface area contributed by atoms with Crippen molar-refractivity contribution in [2.45, 2.75) is 6.18 Å². The van der Waals surface area contributed by atoms with Gasteiger partial charge in [0.15, 0.2) is 10.7 Å². The number of aromatic nitrogens is 2. The monoisotopic (exact) mass is 242 g/mol. The van der Waals surface area contributed by atoms with Crippen LogP contribution in [-0.4, -0.2) is 9.38 Å². The number of hydrogen-bond donors (Lipinski definition) is 0. The van der Waals surface area contributed by atoms with Gasteiger partial charge < -0.3 is 0 Å². The molecule has 2 aromatic heterocycles. The molecule has 0 amide bonds. The lowest BCUT2D eigenvalue weighted by Crippen LogP contribution is -2.04. The van der Waals surface area contributed by atoms with Crippen LogP contribution in [0, 0.1) is 0 Å². The molecule has 2 nitrogen and oxygen atoms in total. The summed E-state index contributed by atoms with van der Waals surface area (Å²) in [7, 11) is 0. The van der Waals surface area contributed by atoms with Crippen LogP contribution in [0.2, 0.25) is 0 Å². The summed E-state index contributed by atoms with van der Waals surface area (Å²) in [5.41, 5.74) is -0.0880. The summed E-state index contributed by atoms with van der Waals surface area (Å²) in [6, 6.07) is 7.29. The largest absolute Gasteiger partial charge is 0.434 e. The highest BCUT2D eigenvalue weighted by molar-refractivity contribution is 7.23. The number of nitrogens with zero attached hydrogens (tertiary/aromatic N) is 2. The first-order chi connectivity index (χ1) is 7.55. The Kier molecular flexibility index (Phi) is 1.79. The lowest BCUT2D eigenvalue weighted by Gasteiger charge is -1.99. The predicted molar refractivity (Wildman–Crippen MR) is 55.6 cm³/mol. The SMILES string of the molecule is FC(F)(F)c1cn2c(n1)sc1ccccc12. The Morgan fingerprint density at radius 2 is 1.94 bits per heavy atom. The summed E-state index contributed by atoms with van der Waals surface area (Å²) < 4.78 is 39.7. The molecule has 0 fully saturated rings. The van der Waals surface area contributed by atoms with Crippen molar-refractivity contribution in [1.29, 1.82) is 0 Å². The molecule has 0 N–H and O–H groups in total. The van der Waals surface area contributed by atoms with Crippen LogP contribution in [0.3, 0.4) is 0 Å². The molecule has 0 saturated carbocycles. The van der Waals surface area contributed by atoms with Crippen molar-refractivity contribution >= 4 is 26.5 Å². The second-order valence-corrected chi connectivity index (χ2v) is 4.36. The Morgan fingerprint density at radius 3 is 2.69 bits per heavy atom. The smallest absolute Gasteiger partial charge is 0.290 e. The molecule has 0 aliphatic carbocycles. The zero-order valence-electron chi connectivity index (χ0n) is 7.82. The molecule has 0 saturated heterocycles. The summed E-state index contributed by atoms with van der Waals surface area (Å²) in [5, 5.41) is 0. The van der Waals surface area contributed by atoms with Gasteiger partial charge in [0, 0.05) is 6.20 Å². The highest BCUT2D eigenvalue weighted by Gasteiger charge is 2.34. The maximum Gasteiger partial charge on any atom is 0.434 e. The average molecular weight is 242 g/mol. The lowest BCUT2D eigenvalue weighted by molar-refractivity contribution is -0.140. The zero-order chi connectivity index (χ0) is 11.3. The molecule has 3 rings (SSSR count). The zero-order valence-corrected chi connectivity index (χ0v) is 8.64. The van der Waals surface area contributed by atoms with Crippen molar-refractivity contribution < 1.29 is 13.2 Å². The van der Waals surface area contributed by atoms with E-state index in [9.17, 15) is 13.2 Å². The maximum atomic E-state index is 12.4. The highest BCUT2D eigenvalue weighted by Crippen LogP contribution is 2.32. The quantitative estimate of drug-likeness (QED) is 0.589. The van der Waals surface area contributed by atoms with E-state index in [-0.39, 0.29) is 0 Å². The summed E-state index contributed by atoms with van der Waals surface area (Å²) >= 11 is 1.25. The summed E-state index contributed by atoms with van der Waals surface area (Å²) in [6.07, 6.45) is -3.35. The fraction of sp³-hybridized carbons (Fsp3) is 0.100. The predicted octanol–water partition coefficient (Wildman–Crippen LogP) is 3.57. The molecule has 0 bridgehead atoms. The molecule has 1 aromatic carbocycles. The first-order valence-corrected chi connectivity index (χ1v) is 5.31. The van der Waals surface area contributed by atoms with E-state index in [4.69, 9.17) is 0 Å². The highest BCUT2D eigenvalue weighted by atomic mass is 32.1. The van der Waals surface area contributed by atoms with Gasteiger partial charge in [0.05, 0.1) is 10.2 Å². The van der Waals surface area contributed by atoms with Gasteiger partial charge in [-0.25, -0.2) is 4.98 Å². The van der Waals surface area contributed by atoms with Crippen LogP contribution in [0.1, 0.15) is 5.69 Å². The second-order valence-electron chi connectivity index (χ2n) is 3.35. The Bertz CT molecular complexity index is 665. The molecule has 0 unspecified atom stereocenters. The minimum Gasteiger partial charge on any atom is -0.290 e. The fourth-order valence-electron chi connectivity index (χ4n) is 1.59. The third-order valence-corrected chi connectivity index (χ3v) is 3.33. The number of hydrogen-bond acceptors (Lipinski definition) is 2. The first-order valence-electron chi connectivity index (χ1n) is 4.49.